The van der Waals surface area contributed by atoms with Crippen LogP contribution in [-0.2, 0) is 19.1 Å². The topological polar surface area (TPSA) is 72.8 Å². The van der Waals surface area contributed by atoms with Crippen molar-refractivity contribution >= 4 is 11.9 Å². The molecule has 5 heteroatoms. The summed E-state index contributed by atoms with van der Waals surface area (Å²) in [5.74, 6) is 1.09. The van der Waals surface area contributed by atoms with Crippen LogP contribution in [0.15, 0.2) is 11.6 Å². The monoisotopic (exact) mass is 404 g/mol. The minimum Gasteiger partial charge on any atom is -0.462 e. The molecule has 0 aliphatic heterocycles. The number of fused-ring (bicyclic) bond motifs is 5. The van der Waals surface area contributed by atoms with Crippen molar-refractivity contribution in [2.24, 2.45) is 28.6 Å². The van der Waals surface area contributed by atoms with Crippen molar-refractivity contribution in [3.8, 4) is 0 Å². The Hall–Kier alpha value is -1.36. The Morgan fingerprint density at radius 3 is 2.45 bits per heavy atom. The molecule has 0 aromatic carbocycles. The van der Waals surface area contributed by atoms with E-state index in [1.807, 2.05) is 0 Å². The zero-order valence-corrected chi connectivity index (χ0v) is 18.3. The van der Waals surface area contributed by atoms with Crippen LogP contribution in [0, 0.1) is 28.6 Å². The zero-order chi connectivity index (χ0) is 21.0. The molecule has 0 radical (unpaired) electrons. The van der Waals surface area contributed by atoms with Crippen molar-refractivity contribution in [1.82, 2.24) is 0 Å². The van der Waals surface area contributed by atoms with E-state index >= 15 is 0 Å². The van der Waals surface area contributed by atoms with Crippen LogP contribution in [0.4, 0.5) is 0 Å². The maximum Gasteiger partial charge on any atom is 0.303 e. The van der Waals surface area contributed by atoms with Crippen molar-refractivity contribution in [2.45, 2.75) is 90.8 Å². The van der Waals surface area contributed by atoms with Gasteiger partial charge in [0.1, 0.15) is 11.7 Å². The first-order valence-corrected chi connectivity index (χ1v) is 11.3. The molecular weight excluding hydrogens is 368 g/mol. The number of allylic oxidation sites excluding steroid dienone is 1. The smallest absolute Gasteiger partial charge is 0.303 e. The Bertz CT molecular complexity index is 729. The first-order valence-electron chi connectivity index (χ1n) is 11.3. The summed E-state index contributed by atoms with van der Waals surface area (Å²) in [6, 6.07) is 0. The van der Waals surface area contributed by atoms with Gasteiger partial charge < -0.3 is 14.6 Å². The van der Waals surface area contributed by atoms with E-state index in [1.54, 1.807) is 0 Å². The van der Waals surface area contributed by atoms with Gasteiger partial charge in [0.05, 0.1) is 6.61 Å². The van der Waals surface area contributed by atoms with Crippen molar-refractivity contribution < 1.29 is 24.2 Å². The molecule has 0 aromatic rings. The Morgan fingerprint density at radius 2 is 1.79 bits per heavy atom. The minimum atomic E-state index is -0.391. The Morgan fingerprint density at radius 1 is 1.07 bits per heavy atom. The van der Waals surface area contributed by atoms with E-state index in [-0.39, 0.29) is 35.5 Å². The highest BCUT2D eigenvalue weighted by molar-refractivity contribution is 5.67. The van der Waals surface area contributed by atoms with Gasteiger partial charge in [0.15, 0.2) is 0 Å². The van der Waals surface area contributed by atoms with Gasteiger partial charge in [0.2, 0.25) is 0 Å². The molecule has 0 saturated heterocycles. The lowest BCUT2D eigenvalue weighted by atomic mass is 9.46. The lowest BCUT2D eigenvalue weighted by molar-refractivity contribution is -0.178. The van der Waals surface area contributed by atoms with Crippen LogP contribution in [-0.4, -0.2) is 35.4 Å². The van der Waals surface area contributed by atoms with Gasteiger partial charge in [-0.25, -0.2) is 0 Å². The summed E-state index contributed by atoms with van der Waals surface area (Å²) in [5.41, 5.74) is 0.749. The van der Waals surface area contributed by atoms with Gasteiger partial charge in [-0.3, -0.25) is 9.59 Å². The summed E-state index contributed by atoms with van der Waals surface area (Å²) in [7, 11) is 0. The normalized spacial score (nSPS) is 46.0. The summed E-state index contributed by atoms with van der Waals surface area (Å²) in [6.07, 6.45) is 9.89. The second-order valence-corrected chi connectivity index (χ2v) is 10.4. The molecule has 0 bridgehead atoms. The molecule has 0 unspecified atom stereocenters. The second kappa shape index (κ2) is 7.11. The Labute approximate surface area is 174 Å². The fourth-order valence-corrected chi connectivity index (χ4v) is 7.76. The summed E-state index contributed by atoms with van der Waals surface area (Å²) in [5, 5.41) is 10.6. The molecule has 4 rings (SSSR count). The maximum absolute atomic E-state index is 11.8. The number of hydrogen-bond donors (Lipinski definition) is 1. The lowest BCUT2D eigenvalue weighted by Crippen LogP contribution is -2.56. The fourth-order valence-electron chi connectivity index (χ4n) is 7.76. The molecule has 3 saturated carbocycles. The van der Waals surface area contributed by atoms with Gasteiger partial charge in [0.25, 0.3) is 0 Å². The quantitative estimate of drug-likeness (QED) is 0.564. The molecule has 0 amide bonds. The second-order valence-electron chi connectivity index (χ2n) is 10.4. The summed E-state index contributed by atoms with van der Waals surface area (Å²) in [4.78, 5) is 23.2. The van der Waals surface area contributed by atoms with Gasteiger partial charge in [-0.05, 0) is 69.6 Å². The van der Waals surface area contributed by atoms with Gasteiger partial charge in [-0.15, -0.1) is 0 Å². The van der Waals surface area contributed by atoms with Gasteiger partial charge in [-0.2, -0.15) is 0 Å². The highest BCUT2D eigenvalue weighted by Gasteiger charge is 2.64. The van der Waals surface area contributed by atoms with Crippen molar-refractivity contribution in [3.05, 3.63) is 11.6 Å². The van der Waals surface area contributed by atoms with E-state index in [2.05, 4.69) is 19.9 Å². The van der Waals surface area contributed by atoms with Gasteiger partial charge in [-0.1, -0.05) is 18.6 Å². The predicted molar refractivity (Wildman–Crippen MR) is 109 cm³/mol. The number of ether oxygens (including phenoxy) is 2. The molecule has 0 spiro atoms. The molecule has 5 nitrogen and oxygen atoms in total. The number of carbonyl (C=O) groups excluding carboxylic acids is 2. The molecule has 29 heavy (non-hydrogen) atoms. The molecule has 1 N–H and O–H groups in total. The van der Waals surface area contributed by atoms with Crippen LogP contribution in [0.3, 0.4) is 0 Å². The first-order chi connectivity index (χ1) is 13.6. The number of aliphatic hydroxyl groups is 1. The van der Waals surface area contributed by atoms with Crippen LogP contribution in [0.5, 0.6) is 0 Å². The number of aliphatic hydroxyl groups excluding tert-OH is 1. The van der Waals surface area contributed by atoms with E-state index < -0.39 is 5.60 Å². The van der Waals surface area contributed by atoms with E-state index in [0.29, 0.717) is 17.8 Å². The molecule has 0 aromatic heterocycles. The van der Waals surface area contributed by atoms with Crippen molar-refractivity contribution in [3.63, 3.8) is 0 Å². The van der Waals surface area contributed by atoms with Gasteiger partial charge in [0, 0.05) is 31.1 Å². The maximum atomic E-state index is 11.8. The molecule has 162 valence electrons. The third-order valence-corrected chi connectivity index (χ3v) is 9.30. The SMILES string of the molecule is CC(=O)O[C@H]1CC[C@@]2(CO)C(=CC[C@@H]3[C@@H]2CC[C@@]2(C)[C@H]3CC[C@]2(C)OC(C)=O)C1. The van der Waals surface area contributed by atoms with Crippen molar-refractivity contribution in [2.75, 3.05) is 6.61 Å². The zero-order valence-electron chi connectivity index (χ0n) is 18.3. The van der Waals surface area contributed by atoms with E-state index in [0.717, 1.165) is 51.4 Å². The van der Waals surface area contributed by atoms with E-state index in [1.165, 1.54) is 19.4 Å². The standard InChI is InChI=1S/C24H36O5/c1-15(26)28-18-7-12-24(14-25)17(13-18)5-6-19-20-9-11-23(4,29-16(2)27)22(20,3)10-8-21(19)24/h5,18-21,25H,6-14H2,1-4H3/t18-,19-,20-,21-,22-,23-,24+/m0/s1. The fraction of sp³-hybridized carbons (Fsp3) is 0.833. The average Bonchev–Trinajstić information content (AvgIpc) is 2.91. The highest BCUT2D eigenvalue weighted by Crippen LogP contribution is 2.67. The molecule has 0 heterocycles. The van der Waals surface area contributed by atoms with E-state index in [4.69, 9.17) is 9.47 Å². The summed E-state index contributed by atoms with van der Waals surface area (Å²) < 4.78 is 11.4. The molecule has 7 atom stereocenters. The third kappa shape index (κ3) is 3.07. The Kier molecular flexibility index (Phi) is 5.12. The molecule has 4 aliphatic carbocycles. The first kappa shape index (κ1) is 20.9. The number of carbonyl (C=O) groups is 2. The molecule has 4 aliphatic rings. The lowest BCUT2D eigenvalue weighted by Gasteiger charge is -2.59. The van der Waals surface area contributed by atoms with Gasteiger partial charge >= 0.3 is 11.9 Å². The molecular formula is C24H36O5. The van der Waals surface area contributed by atoms with Crippen molar-refractivity contribution in [1.29, 1.82) is 0 Å². The predicted octanol–water partition coefficient (Wildman–Crippen LogP) is 4.18. The number of esters is 2. The third-order valence-electron chi connectivity index (χ3n) is 9.30. The van der Waals surface area contributed by atoms with Crippen LogP contribution >= 0.6 is 0 Å². The van der Waals surface area contributed by atoms with Crippen LogP contribution in [0.25, 0.3) is 0 Å². The Balaban J connectivity index is 1.62. The van der Waals surface area contributed by atoms with E-state index in [9.17, 15) is 14.7 Å². The van der Waals surface area contributed by atoms with Crippen LogP contribution in [0.1, 0.15) is 79.1 Å². The molecule has 3 fully saturated rings. The average molecular weight is 405 g/mol. The highest BCUT2D eigenvalue weighted by atomic mass is 16.6. The number of rotatable bonds is 3. The number of hydrogen-bond acceptors (Lipinski definition) is 5. The van der Waals surface area contributed by atoms with Crippen LogP contribution in [0.2, 0.25) is 0 Å². The van der Waals surface area contributed by atoms with Crippen LogP contribution < -0.4 is 0 Å². The largest absolute Gasteiger partial charge is 0.462 e. The summed E-state index contributed by atoms with van der Waals surface area (Å²) in [6.45, 7) is 7.63. The minimum absolute atomic E-state index is 0.00321. The summed E-state index contributed by atoms with van der Waals surface area (Å²) >= 11 is 0.